The Morgan fingerprint density at radius 3 is 1.15 bits per heavy atom. The maximum Gasteiger partial charge on any atom is 0.326 e. The number of rotatable bonds is 25. The van der Waals surface area contributed by atoms with E-state index in [4.69, 9.17) is 0 Å². The summed E-state index contributed by atoms with van der Waals surface area (Å²) in [4.78, 5) is 73.7. The van der Waals surface area contributed by atoms with Gasteiger partial charge in [0, 0.05) is 12.8 Å². The smallest absolute Gasteiger partial charge is 0.326 e. The van der Waals surface area contributed by atoms with Crippen molar-refractivity contribution < 1.29 is 39.0 Å². The van der Waals surface area contributed by atoms with Gasteiger partial charge >= 0.3 is 11.9 Å². The van der Waals surface area contributed by atoms with E-state index >= 15 is 0 Å². The van der Waals surface area contributed by atoms with Crippen LogP contribution in [0.1, 0.15) is 132 Å². The Morgan fingerprint density at radius 2 is 0.783 bits per heavy atom. The molecule has 266 valence electrons. The number of carboxylic acids is 2. The summed E-state index contributed by atoms with van der Waals surface area (Å²) in [6.45, 7) is 14.5. The van der Waals surface area contributed by atoms with E-state index in [-0.39, 0.29) is 35.5 Å². The molecule has 0 spiro atoms. The number of aliphatic carboxylic acids is 2. The van der Waals surface area contributed by atoms with Crippen LogP contribution < -0.4 is 21.3 Å². The lowest BCUT2D eigenvalue weighted by Crippen LogP contribution is -2.55. The maximum absolute atomic E-state index is 12.9. The van der Waals surface area contributed by atoms with Gasteiger partial charge < -0.3 is 31.5 Å². The second-order valence-electron chi connectivity index (χ2n) is 13.3. The molecule has 0 radical (unpaired) electrons. The fraction of sp³-hybridized carbons (Fsp3) is 0.824. The van der Waals surface area contributed by atoms with Gasteiger partial charge in [0.05, 0.1) is 0 Å². The molecule has 0 saturated heterocycles. The van der Waals surface area contributed by atoms with Crippen LogP contribution in [0.25, 0.3) is 0 Å². The Hall–Kier alpha value is -3.18. The van der Waals surface area contributed by atoms with Crippen LogP contribution in [0, 0.1) is 23.7 Å². The van der Waals surface area contributed by atoms with E-state index in [1.807, 2.05) is 20.8 Å². The standard InChI is InChI=1S/C34H62N4O8/c1-9-23(7)29(32(42)38-30(34(45)46)24(8)10-2)36-26(40)20-18-16-14-12-11-13-15-17-19-25(39)35-27(21(3)4)31(41)37-28(22(5)6)33(43)44/h21-24,27-30H,9-20H2,1-8H3,(H,35,39)(H,36,40)(H,37,41)(H,38,42)(H,43,44)(H,45,46)/t23?,24?,27-,28-,29-,30-/m0/s1. The van der Waals surface area contributed by atoms with Crippen molar-refractivity contribution in [3.05, 3.63) is 0 Å². The third-order valence-corrected chi connectivity index (χ3v) is 8.64. The Balaban J connectivity index is 4.37. The number of carbonyl (C=O) groups is 6. The van der Waals surface area contributed by atoms with Gasteiger partial charge in [-0.15, -0.1) is 0 Å². The zero-order valence-electron chi connectivity index (χ0n) is 29.4. The lowest BCUT2D eigenvalue weighted by Gasteiger charge is -2.27. The lowest BCUT2D eigenvalue weighted by atomic mass is 9.95. The van der Waals surface area contributed by atoms with Crippen LogP contribution in [0.5, 0.6) is 0 Å². The summed E-state index contributed by atoms with van der Waals surface area (Å²) in [6.07, 6.45) is 8.95. The average molecular weight is 655 g/mol. The minimum Gasteiger partial charge on any atom is -0.480 e. The largest absolute Gasteiger partial charge is 0.480 e. The molecule has 0 saturated carbocycles. The molecule has 0 aromatic heterocycles. The molecule has 12 heteroatoms. The number of amides is 4. The molecule has 46 heavy (non-hydrogen) atoms. The molecule has 0 aliphatic heterocycles. The Kier molecular flexibility index (Phi) is 21.6. The van der Waals surface area contributed by atoms with Crippen molar-refractivity contribution in [1.82, 2.24) is 21.3 Å². The predicted octanol–water partition coefficient (Wildman–Crippen LogP) is 4.40. The van der Waals surface area contributed by atoms with Crippen molar-refractivity contribution >= 4 is 35.6 Å². The van der Waals surface area contributed by atoms with Crippen LogP contribution >= 0.6 is 0 Å². The van der Waals surface area contributed by atoms with Gasteiger partial charge in [-0.25, -0.2) is 9.59 Å². The molecular formula is C34H62N4O8. The van der Waals surface area contributed by atoms with Crippen LogP contribution in [-0.4, -0.2) is 69.9 Å². The zero-order valence-corrected chi connectivity index (χ0v) is 29.4. The molecule has 2 unspecified atom stereocenters. The molecule has 4 amide bonds. The van der Waals surface area contributed by atoms with Crippen molar-refractivity contribution in [1.29, 1.82) is 0 Å². The second-order valence-corrected chi connectivity index (χ2v) is 13.3. The Bertz CT molecular complexity index is 971. The van der Waals surface area contributed by atoms with Crippen molar-refractivity contribution in [3.8, 4) is 0 Å². The first-order valence-electron chi connectivity index (χ1n) is 17.2. The van der Waals surface area contributed by atoms with Gasteiger partial charge in [0.25, 0.3) is 0 Å². The normalized spacial score (nSPS) is 15.3. The third-order valence-electron chi connectivity index (χ3n) is 8.64. The summed E-state index contributed by atoms with van der Waals surface area (Å²) in [7, 11) is 0. The summed E-state index contributed by atoms with van der Waals surface area (Å²) in [5.74, 6) is -4.44. The zero-order chi connectivity index (χ0) is 35.4. The lowest BCUT2D eigenvalue weighted by molar-refractivity contribution is -0.144. The summed E-state index contributed by atoms with van der Waals surface area (Å²) in [5, 5.41) is 29.6. The molecule has 0 bridgehead atoms. The maximum atomic E-state index is 12.9. The molecule has 0 aromatic rings. The van der Waals surface area contributed by atoms with Crippen LogP contribution in [0.15, 0.2) is 0 Å². The number of hydrogen-bond donors (Lipinski definition) is 6. The Morgan fingerprint density at radius 1 is 0.457 bits per heavy atom. The van der Waals surface area contributed by atoms with E-state index in [0.717, 1.165) is 38.5 Å². The topological polar surface area (TPSA) is 191 Å². The second kappa shape index (κ2) is 23.2. The first-order chi connectivity index (χ1) is 21.6. The predicted molar refractivity (Wildman–Crippen MR) is 178 cm³/mol. The first-order valence-corrected chi connectivity index (χ1v) is 17.2. The van der Waals surface area contributed by atoms with Crippen LogP contribution in [0.2, 0.25) is 0 Å². The highest BCUT2D eigenvalue weighted by Gasteiger charge is 2.32. The monoisotopic (exact) mass is 654 g/mol. The number of carbonyl (C=O) groups excluding carboxylic acids is 4. The molecule has 6 N–H and O–H groups in total. The molecule has 0 aromatic carbocycles. The third kappa shape index (κ3) is 16.9. The molecule has 0 fully saturated rings. The minimum absolute atomic E-state index is 0.140. The van der Waals surface area contributed by atoms with Gasteiger partial charge in [-0.3, -0.25) is 19.2 Å². The quantitative estimate of drug-likeness (QED) is 0.0781. The number of unbranched alkanes of at least 4 members (excludes halogenated alkanes) is 7. The molecule has 0 rings (SSSR count). The van der Waals surface area contributed by atoms with Crippen molar-refractivity contribution in [3.63, 3.8) is 0 Å². The highest BCUT2D eigenvalue weighted by atomic mass is 16.4. The van der Waals surface area contributed by atoms with Gasteiger partial charge in [0.2, 0.25) is 23.6 Å². The van der Waals surface area contributed by atoms with Crippen LogP contribution in [0.4, 0.5) is 0 Å². The Labute approximate surface area is 276 Å². The number of carboxylic acid groups (broad SMARTS) is 2. The molecule has 0 aliphatic rings. The van der Waals surface area contributed by atoms with E-state index in [2.05, 4.69) is 21.3 Å². The summed E-state index contributed by atoms with van der Waals surface area (Å²) in [5.41, 5.74) is 0. The van der Waals surface area contributed by atoms with Crippen molar-refractivity contribution in [2.24, 2.45) is 23.7 Å². The van der Waals surface area contributed by atoms with E-state index in [0.29, 0.717) is 38.5 Å². The van der Waals surface area contributed by atoms with E-state index in [1.165, 1.54) is 0 Å². The van der Waals surface area contributed by atoms with Gasteiger partial charge in [0.1, 0.15) is 24.2 Å². The average Bonchev–Trinajstić information content (AvgIpc) is 2.99. The highest BCUT2D eigenvalue weighted by Crippen LogP contribution is 2.14. The SMILES string of the molecule is CCC(C)[C@H](NC(=O)[C@@H](NC(=O)CCCCCCCCCCC(=O)N[C@H](C(=O)N[C@H](C(=O)O)C(C)C)C(C)C)C(C)CC)C(=O)O. The van der Waals surface area contributed by atoms with Crippen molar-refractivity contribution in [2.75, 3.05) is 0 Å². The summed E-state index contributed by atoms with van der Waals surface area (Å²) >= 11 is 0. The first kappa shape index (κ1) is 42.8. The number of nitrogens with one attached hydrogen (secondary N) is 4. The number of hydrogen-bond acceptors (Lipinski definition) is 6. The van der Waals surface area contributed by atoms with E-state index in [9.17, 15) is 39.0 Å². The fourth-order valence-electron chi connectivity index (χ4n) is 5.04. The van der Waals surface area contributed by atoms with Crippen molar-refractivity contribution in [2.45, 2.75) is 157 Å². The van der Waals surface area contributed by atoms with E-state index < -0.39 is 47.9 Å². The summed E-state index contributed by atoms with van der Waals surface area (Å²) in [6, 6.07) is -3.60. The highest BCUT2D eigenvalue weighted by molar-refractivity contribution is 5.91. The minimum atomic E-state index is -1.11. The van der Waals surface area contributed by atoms with Gasteiger partial charge in [0.15, 0.2) is 0 Å². The molecule has 0 aliphatic carbocycles. The molecule has 12 nitrogen and oxygen atoms in total. The van der Waals surface area contributed by atoms with Gasteiger partial charge in [-0.2, -0.15) is 0 Å². The van der Waals surface area contributed by atoms with Crippen LogP contribution in [-0.2, 0) is 28.8 Å². The van der Waals surface area contributed by atoms with Gasteiger partial charge in [-0.1, -0.05) is 107 Å². The molecule has 0 heterocycles. The van der Waals surface area contributed by atoms with Gasteiger partial charge in [-0.05, 0) is 36.5 Å². The molecule has 6 atom stereocenters. The summed E-state index contributed by atoms with van der Waals surface area (Å²) < 4.78 is 0. The van der Waals surface area contributed by atoms with E-state index in [1.54, 1.807) is 34.6 Å². The fourth-order valence-corrected chi connectivity index (χ4v) is 5.04. The van der Waals surface area contributed by atoms with Crippen LogP contribution in [0.3, 0.4) is 0 Å². The molecular weight excluding hydrogens is 592 g/mol.